The standard InChI is InChI=1S/C15H25N3O2/c1-6-20-15(19)16-11-14(18(4)5)12-7-9-13(10-8-12)17(2)3/h7-10,14H,6,11H2,1-5H3,(H,16,19). The highest BCUT2D eigenvalue weighted by atomic mass is 16.5. The molecule has 1 amide bonds. The van der Waals surface area contributed by atoms with Crippen LogP contribution in [-0.4, -0.2) is 52.3 Å². The Morgan fingerprint density at radius 3 is 2.25 bits per heavy atom. The quantitative estimate of drug-likeness (QED) is 0.866. The molecular formula is C15H25N3O2. The summed E-state index contributed by atoms with van der Waals surface area (Å²) in [6.45, 7) is 2.70. The van der Waals surface area contributed by atoms with E-state index in [0.717, 1.165) is 11.3 Å². The Balaban J connectivity index is 2.73. The first-order valence-corrected chi connectivity index (χ1v) is 6.80. The van der Waals surface area contributed by atoms with Gasteiger partial charge in [0, 0.05) is 26.3 Å². The largest absolute Gasteiger partial charge is 0.450 e. The van der Waals surface area contributed by atoms with E-state index in [1.807, 2.05) is 28.2 Å². The maximum atomic E-state index is 11.4. The van der Waals surface area contributed by atoms with Gasteiger partial charge in [-0.25, -0.2) is 4.79 Å². The van der Waals surface area contributed by atoms with Crippen molar-refractivity contribution in [2.45, 2.75) is 13.0 Å². The van der Waals surface area contributed by atoms with Gasteiger partial charge in [-0.15, -0.1) is 0 Å². The number of likely N-dealkylation sites (N-methyl/N-ethyl adjacent to an activating group) is 1. The van der Waals surface area contributed by atoms with E-state index in [-0.39, 0.29) is 12.1 Å². The molecule has 0 radical (unpaired) electrons. The predicted octanol–water partition coefficient (Wildman–Crippen LogP) is 2.10. The molecule has 1 aromatic carbocycles. The highest BCUT2D eigenvalue weighted by Crippen LogP contribution is 2.20. The normalized spacial score (nSPS) is 12.1. The Labute approximate surface area is 121 Å². The van der Waals surface area contributed by atoms with Crippen molar-refractivity contribution in [2.75, 3.05) is 46.2 Å². The molecule has 5 heteroatoms. The number of ether oxygens (including phenoxy) is 1. The third-order valence-corrected chi connectivity index (χ3v) is 3.13. The lowest BCUT2D eigenvalue weighted by molar-refractivity contribution is 0.148. The average Bonchev–Trinajstić information content (AvgIpc) is 2.39. The lowest BCUT2D eigenvalue weighted by Gasteiger charge is -2.25. The Bertz CT molecular complexity index is 416. The van der Waals surface area contributed by atoms with Crippen molar-refractivity contribution in [3.8, 4) is 0 Å². The molecule has 0 fully saturated rings. The molecule has 1 rings (SSSR count). The first kappa shape index (κ1) is 16.3. The summed E-state index contributed by atoms with van der Waals surface area (Å²) >= 11 is 0. The van der Waals surface area contributed by atoms with E-state index in [1.54, 1.807) is 6.92 Å². The van der Waals surface area contributed by atoms with Crippen molar-refractivity contribution in [1.82, 2.24) is 10.2 Å². The summed E-state index contributed by atoms with van der Waals surface area (Å²) in [7, 11) is 8.02. The molecule has 1 atom stereocenters. The summed E-state index contributed by atoms with van der Waals surface area (Å²) in [6, 6.07) is 8.46. The van der Waals surface area contributed by atoms with Gasteiger partial charge >= 0.3 is 6.09 Å². The molecule has 1 N–H and O–H groups in total. The van der Waals surface area contributed by atoms with Crippen molar-refractivity contribution < 1.29 is 9.53 Å². The van der Waals surface area contributed by atoms with Crippen LogP contribution in [0.15, 0.2) is 24.3 Å². The third-order valence-electron chi connectivity index (χ3n) is 3.13. The molecule has 1 unspecified atom stereocenters. The molecule has 5 nitrogen and oxygen atoms in total. The number of alkyl carbamates (subject to hydrolysis) is 1. The van der Waals surface area contributed by atoms with Crippen LogP contribution in [-0.2, 0) is 4.74 Å². The zero-order valence-corrected chi connectivity index (χ0v) is 13.0. The first-order chi connectivity index (χ1) is 9.45. The van der Waals surface area contributed by atoms with E-state index in [9.17, 15) is 4.79 Å². The van der Waals surface area contributed by atoms with Crippen molar-refractivity contribution in [2.24, 2.45) is 0 Å². The Morgan fingerprint density at radius 1 is 1.20 bits per heavy atom. The molecule has 20 heavy (non-hydrogen) atoms. The fourth-order valence-corrected chi connectivity index (χ4v) is 1.96. The van der Waals surface area contributed by atoms with Gasteiger partial charge in [0.1, 0.15) is 0 Å². The van der Waals surface area contributed by atoms with E-state index in [1.165, 1.54) is 0 Å². The molecule has 0 bridgehead atoms. The molecule has 0 saturated carbocycles. The number of benzene rings is 1. The minimum atomic E-state index is -0.371. The number of hydrogen-bond donors (Lipinski definition) is 1. The molecule has 112 valence electrons. The van der Waals surface area contributed by atoms with Crippen LogP contribution < -0.4 is 10.2 Å². The van der Waals surface area contributed by atoms with Crippen LogP contribution in [0.25, 0.3) is 0 Å². The minimum absolute atomic E-state index is 0.121. The van der Waals surface area contributed by atoms with E-state index < -0.39 is 0 Å². The number of nitrogens with one attached hydrogen (secondary N) is 1. The smallest absolute Gasteiger partial charge is 0.407 e. The van der Waals surface area contributed by atoms with Crippen LogP contribution in [0, 0.1) is 0 Å². The van der Waals surface area contributed by atoms with Gasteiger partial charge < -0.3 is 19.9 Å². The van der Waals surface area contributed by atoms with Gasteiger partial charge in [-0.3, -0.25) is 0 Å². The van der Waals surface area contributed by atoms with Gasteiger partial charge in [-0.2, -0.15) is 0 Å². The van der Waals surface area contributed by atoms with Gasteiger partial charge in [0.2, 0.25) is 0 Å². The summed E-state index contributed by atoms with van der Waals surface area (Å²) in [4.78, 5) is 15.5. The van der Waals surface area contributed by atoms with Crippen molar-refractivity contribution in [1.29, 1.82) is 0 Å². The average molecular weight is 279 g/mol. The monoisotopic (exact) mass is 279 g/mol. The van der Waals surface area contributed by atoms with E-state index in [0.29, 0.717) is 13.2 Å². The molecule has 0 spiro atoms. The fraction of sp³-hybridized carbons (Fsp3) is 0.533. The van der Waals surface area contributed by atoms with Crippen molar-refractivity contribution in [3.05, 3.63) is 29.8 Å². The van der Waals surface area contributed by atoms with Crippen molar-refractivity contribution in [3.63, 3.8) is 0 Å². The maximum Gasteiger partial charge on any atom is 0.407 e. The predicted molar refractivity (Wildman–Crippen MR) is 82.2 cm³/mol. The van der Waals surface area contributed by atoms with Gasteiger partial charge in [-0.05, 0) is 38.7 Å². The highest BCUT2D eigenvalue weighted by molar-refractivity contribution is 5.67. The van der Waals surface area contributed by atoms with Crippen LogP contribution in [0.4, 0.5) is 10.5 Å². The first-order valence-electron chi connectivity index (χ1n) is 6.80. The summed E-state index contributed by atoms with van der Waals surface area (Å²) in [5, 5.41) is 2.79. The highest BCUT2D eigenvalue weighted by Gasteiger charge is 2.15. The molecular weight excluding hydrogens is 254 g/mol. The second-order valence-corrected chi connectivity index (χ2v) is 5.07. The summed E-state index contributed by atoms with van der Waals surface area (Å²) in [5.74, 6) is 0. The molecule has 1 aromatic rings. The second-order valence-electron chi connectivity index (χ2n) is 5.07. The lowest BCUT2D eigenvalue weighted by Crippen LogP contribution is -2.34. The van der Waals surface area contributed by atoms with Crippen LogP contribution >= 0.6 is 0 Å². The van der Waals surface area contributed by atoms with E-state index in [4.69, 9.17) is 4.74 Å². The second kappa shape index (κ2) is 7.75. The van der Waals surface area contributed by atoms with Gasteiger partial charge in [0.05, 0.1) is 12.6 Å². The molecule has 0 aliphatic heterocycles. The molecule has 0 saturated heterocycles. The van der Waals surface area contributed by atoms with Crippen LogP contribution in [0.5, 0.6) is 0 Å². The minimum Gasteiger partial charge on any atom is -0.450 e. The molecule has 0 heterocycles. The number of rotatable bonds is 6. The van der Waals surface area contributed by atoms with Gasteiger partial charge in [0.25, 0.3) is 0 Å². The number of anilines is 1. The topological polar surface area (TPSA) is 44.8 Å². The number of nitrogens with zero attached hydrogens (tertiary/aromatic N) is 2. The van der Waals surface area contributed by atoms with Gasteiger partial charge in [-0.1, -0.05) is 12.1 Å². The molecule has 0 aromatic heterocycles. The van der Waals surface area contributed by atoms with Crippen molar-refractivity contribution >= 4 is 11.8 Å². The Hall–Kier alpha value is -1.75. The summed E-state index contributed by atoms with van der Waals surface area (Å²) < 4.78 is 4.88. The lowest BCUT2D eigenvalue weighted by atomic mass is 10.1. The maximum absolute atomic E-state index is 11.4. The summed E-state index contributed by atoms with van der Waals surface area (Å²) in [6.07, 6.45) is -0.371. The SMILES string of the molecule is CCOC(=O)NCC(c1ccc(N(C)C)cc1)N(C)C. The summed E-state index contributed by atoms with van der Waals surface area (Å²) in [5.41, 5.74) is 2.32. The third kappa shape index (κ3) is 4.74. The zero-order chi connectivity index (χ0) is 15.1. The molecule has 0 aliphatic carbocycles. The number of hydrogen-bond acceptors (Lipinski definition) is 4. The fourth-order valence-electron chi connectivity index (χ4n) is 1.96. The zero-order valence-electron chi connectivity index (χ0n) is 13.0. The van der Waals surface area contributed by atoms with Crippen LogP contribution in [0.2, 0.25) is 0 Å². The van der Waals surface area contributed by atoms with Gasteiger partial charge in [0.15, 0.2) is 0 Å². The molecule has 0 aliphatic rings. The van der Waals surface area contributed by atoms with Crippen LogP contribution in [0.3, 0.4) is 0 Å². The Morgan fingerprint density at radius 2 is 1.80 bits per heavy atom. The number of carbonyl (C=O) groups excluding carboxylic acids is 1. The Kier molecular flexibility index (Phi) is 6.31. The van der Waals surface area contributed by atoms with E-state index >= 15 is 0 Å². The number of amides is 1. The van der Waals surface area contributed by atoms with E-state index in [2.05, 4.69) is 39.4 Å². The van der Waals surface area contributed by atoms with Crippen LogP contribution in [0.1, 0.15) is 18.5 Å². The number of carbonyl (C=O) groups is 1.